The third-order valence-corrected chi connectivity index (χ3v) is 5.50. The maximum atomic E-state index is 6.40. The second-order valence-corrected chi connectivity index (χ2v) is 7.33. The predicted octanol–water partition coefficient (Wildman–Crippen LogP) is 5.17. The van der Waals surface area contributed by atoms with Crippen LogP contribution in [0.15, 0.2) is 54.6 Å². The zero-order valence-electron chi connectivity index (χ0n) is 16.2. The fourth-order valence-electron chi connectivity index (χ4n) is 3.84. The van der Waals surface area contributed by atoms with Crippen LogP contribution in [0.4, 0.5) is 0 Å². The van der Waals surface area contributed by atoms with Crippen molar-refractivity contribution >= 4 is 0 Å². The first-order valence-corrected chi connectivity index (χ1v) is 9.86. The molecule has 2 unspecified atom stereocenters. The van der Waals surface area contributed by atoms with Crippen LogP contribution < -0.4 is 14.8 Å². The van der Waals surface area contributed by atoms with E-state index in [2.05, 4.69) is 50.4 Å². The van der Waals surface area contributed by atoms with Gasteiger partial charge in [-0.1, -0.05) is 50.2 Å². The molecule has 0 bridgehead atoms. The van der Waals surface area contributed by atoms with Crippen LogP contribution in [0.2, 0.25) is 0 Å². The molecule has 0 saturated carbocycles. The van der Waals surface area contributed by atoms with Crippen molar-refractivity contribution in [3.05, 3.63) is 60.2 Å². The molecule has 0 aromatic heterocycles. The van der Waals surface area contributed by atoms with Crippen LogP contribution in [0, 0.1) is 0 Å². The van der Waals surface area contributed by atoms with Gasteiger partial charge in [-0.3, -0.25) is 0 Å². The summed E-state index contributed by atoms with van der Waals surface area (Å²) >= 11 is 0. The molecule has 2 atom stereocenters. The third-order valence-electron chi connectivity index (χ3n) is 5.50. The minimum absolute atomic E-state index is 0.0349. The van der Waals surface area contributed by atoms with Crippen LogP contribution in [-0.2, 0) is 0 Å². The average Bonchev–Trinajstić information content (AvgIpc) is 2.68. The third kappa shape index (κ3) is 4.39. The lowest BCUT2D eigenvalue weighted by molar-refractivity contribution is 0.0272. The topological polar surface area (TPSA) is 30.5 Å². The highest BCUT2D eigenvalue weighted by Gasteiger charge is 2.38. The maximum Gasteiger partial charge on any atom is 0.123 e. The van der Waals surface area contributed by atoms with Crippen molar-refractivity contribution in [2.24, 2.45) is 0 Å². The highest BCUT2D eigenvalue weighted by Crippen LogP contribution is 2.43. The van der Waals surface area contributed by atoms with Crippen LogP contribution >= 0.6 is 0 Å². The quantitative estimate of drug-likeness (QED) is 0.710. The molecule has 0 fully saturated rings. The molecule has 0 radical (unpaired) electrons. The van der Waals surface area contributed by atoms with Crippen molar-refractivity contribution in [2.45, 2.75) is 57.7 Å². The Hall–Kier alpha value is -2.00. The van der Waals surface area contributed by atoms with Gasteiger partial charge in [0.05, 0.1) is 0 Å². The molecule has 26 heavy (non-hydrogen) atoms. The predicted molar refractivity (Wildman–Crippen MR) is 107 cm³/mol. The number of fused-ring (bicyclic) bond motifs is 1. The SMILES string of the molecule is CCC1(CC)CC(CNCC(C)Oc2ccccc2)c2ccccc2O1. The van der Waals surface area contributed by atoms with Crippen LogP contribution in [0.3, 0.4) is 0 Å². The molecular formula is C23H31NO2. The van der Waals surface area contributed by atoms with E-state index in [-0.39, 0.29) is 11.7 Å². The monoisotopic (exact) mass is 353 g/mol. The summed E-state index contributed by atoms with van der Waals surface area (Å²) in [6.45, 7) is 8.36. The first-order valence-electron chi connectivity index (χ1n) is 9.86. The lowest BCUT2D eigenvalue weighted by Gasteiger charge is -2.41. The molecule has 3 heteroatoms. The van der Waals surface area contributed by atoms with Gasteiger partial charge >= 0.3 is 0 Å². The molecule has 3 nitrogen and oxygen atoms in total. The van der Waals surface area contributed by atoms with Gasteiger partial charge in [0.25, 0.3) is 0 Å². The van der Waals surface area contributed by atoms with Crippen LogP contribution in [0.1, 0.15) is 51.5 Å². The van der Waals surface area contributed by atoms with Crippen molar-refractivity contribution < 1.29 is 9.47 Å². The molecule has 1 heterocycles. The van der Waals surface area contributed by atoms with E-state index < -0.39 is 0 Å². The van der Waals surface area contributed by atoms with Gasteiger partial charge in [0.1, 0.15) is 23.2 Å². The molecule has 3 rings (SSSR count). The molecule has 0 aliphatic carbocycles. The van der Waals surface area contributed by atoms with Crippen molar-refractivity contribution in [3.8, 4) is 11.5 Å². The summed E-state index contributed by atoms with van der Waals surface area (Å²) < 4.78 is 12.4. The summed E-state index contributed by atoms with van der Waals surface area (Å²) in [5.41, 5.74) is 1.29. The van der Waals surface area contributed by atoms with Gasteiger partial charge in [-0.05, 0) is 49.9 Å². The maximum absolute atomic E-state index is 6.40. The van der Waals surface area contributed by atoms with E-state index in [4.69, 9.17) is 9.47 Å². The van der Waals surface area contributed by atoms with Crippen LogP contribution in [-0.4, -0.2) is 24.8 Å². The van der Waals surface area contributed by atoms with E-state index in [1.165, 1.54) is 5.56 Å². The first kappa shape index (κ1) is 18.8. The van der Waals surface area contributed by atoms with E-state index in [9.17, 15) is 0 Å². The summed E-state index contributed by atoms with van der Waals surface area (Å²) in [6, 6.07) is 18.5. The Morgan fingerprint density at radius 3 is 2.50 bits per heavy atom. The smallest absolute Gasteiger partial charge is 0.123 e. The number of hydrogen-bond donors (Lipinski definition) is 1. The molecule has 0 spiro atoms. The minimum Gasteiger partial charge on any atom is -0.489 e. The zero-order chi connectivity index (χ0) is 18.4. The van der Waals surface area contributed by atoms with E-state index in [0.29, 0.717) is 5.92 Å². The van der Waals surface area contributed by atoms with Crippen molar-refractivity contribution in [1.82, 2.24) is 5.32 Å². The zero-order valence-corrected chi connectivity index (χ0v) is 16.2. The molecule has 140 valence electrons. The van der Waals surface area contributed by atoms with Crippen molar-refractivity contribution in [2.75, 3.05) is 13.1 Å². The van der Waals surface area contributed by atoms with E-state index in [0.717, 1.165) is 43.9 Å². The van der Waals surface area contributed by atoms with E-state index in [1.54, 1.807) is 0 Å². The Bertz CT molecular complexity index is 682. The minimum atomic E-state index is -0.0349. The highest BCUT2D eigenvalue weighted by atomic mass is 16.5. The van der Waals surface area contributed by atoms with Crippen molar-refractivity contribution in [3.63, 3.8) is 0 Å². The summed E-state index contributed by atoms with van der Waals surface area (Å²) in [4.78, 5) is 0. The Labute approximate surface area is 157 Å². The van der Waals surface area contributed by atoms with Crippen LogP contribution in [0.5, 0.6) is 11.5 Å². The largest absolute Gasteiger partial charge is 0.489 e. The Kier molecular flexibility index (Phi) is 6.20. The Balaban J connectivity index is 1.59. The normalized spacial score (nSPS) is 19.3. The number of benzene rings is 2. The fourth-order valence-corrected chi connectivity index (χ4v) is 3.84. The molecule has 0 amide bonds. The van der Waals surface area contributed by atoms with Gasteiger partial charge in [-0.15, -0.1) is 0 Å². The number of ether oxygens (including phenoxy) is 2. The fraction of sp³-hybridized carbons (Fsp3) is 0.478. The Morgan fingerprint density at radius 2 is 1.77 bits per heavy atom. The van der Waals surface area contributed by atoms with Gasteiger partial charge in [0, 0.05) is 19.0 Å². The lowest BCUT2D eigenvalue weighted by atomic mass is 9.79. The number of nitrogens with one attached hydrogen (secondary N) is 1. The van der Waals surface area contributed by atoms with Gasteiger partial charge in [0.2, 0.25) is 0 Å². The second kappa shape index (κ2) is 8.59. The molecule has 0 saturated heterocycles. The summed E-state index contributed by atoms with van der Waals surface area (Å²) in [5.74, 6) is 2.46. The number of para-hydroxylation sites is 2. The van der Waals surface area contributed by atoms with E-state index in [1.807, 2.05) is 30.3 Å². The standard InChI is InChI=1S/C23H31NO2/c1-4-23(5-2)15-19(21-13-9-10-14-22(21)26-23)17-24-16-18(3)25-20-11-7-6-8-12-20/h6-14,18-19,24H,4-5,15-17H2,1-3H3. The average molecular weight is 354 g/mol. The summed E-state index contributed by atoms with van der Waals surface area (Å²) in [5, 5.41) is 3.62. The molecule has 1 N–H and O–H groups in total. The molecule has 2 aromatic rings. The van der Waals surface area contributed by atoms with E-state index >= 15 is 0 Å². The van der Waals surface area contributed by atoms with Gasteiger partial charge in [-0.25, -0.2) is 0 Å². The van der Waals surface area contributed by atoms with Gasteiger partial charge < -0.3 is 14.8 Å². The molecule has 1 aliphatic rings. The summed E-state index contributed by atoms with van der Waals surface area (Å²) in [6.07, 6.45) is 3.29. The van der Waals surface area contributed by atoms with Gasteiger partial charge in [0.15, 0.2) is 0 Å². The Morgan fingerprint density at radius 1 is 1.08 bits per heavy atom. The molecule has 2 aromatic carbocycles. The molecular weight excluding hydrogens is 322 g/mol. The number of hydrogen-bond acceptors (Lipinski definition) is 3. The molecule has 1 aliphatic heterocycles. The van der Waals surface area contributed by atoms with Crippen molar-refractivity contribution in [1.29, 1.82) is 0 Å². The lowest BCUT2D eigenvalue weighted by Crippen LogP contribution is -2.43. The second-order valence-electron chi connectivity index (χ2n) is 7.33. The van der Waals surface area contributed by atoms with Crippen LogP contribution in [0.25, 0.3) is 0 Å². The summed E-state index contributed by atoms with van der Waals surface area (Å²) in [7, 11) is 0. The first-order chi connectivity index (χ1) is 12.7. The highest BCUT2D eigenvalue weighted by molar-refractivity contribution is 5.39. The number of rotatable bonds is 8. The van der Waals surface area contributed by atoms with Gasteiger partial charge in [-0.2, -0.15) is 0 Å².